The van der Waals surface area contributed by atoms with Gasteiger partial charge in [-0.2, -0.15) is 0 Å². The zero-order valence-corrected chi connectivity index (χ0v) is 15.7. The molecule has 0 aromatic heterocycles. The second kappa shape index (κ2) is 8.96. The summed E-state index contributed by atoms with van der Waals surface area (Å²) in [6.07, 6.45) is 4.66. The van der Waals surface area contributed by atoms with Crippen molar-refractivity contribution < 1.29 is 9.16 Å². The molecular formula is C13H28BrClO2Si. The fraction of sp³-hybridized carbons (Fsp3) is 1.00. The van der Waals surface area contributed by atoms with E-state index in [1.807, 2.05) is 6.92 Å². The van der Waals surface area contributed by atoms with E-state index in [1.165, 1.54) is 19.3 Å². The van der Waals surface area contributed by atoms with Gasteiger partial charge in [0.15, 0.2) is 14.1 Å². The van der Waals surface area contributed by atoms with Gasteiger partial charge in [0.2, 0.25) is 0 Å². The van der Waals surface area contributed by atoms with Gasteiger partial charge < -0.3 is 9.16 Å². The van der Waals surface area contributed by atoms with Gasteiger partial charge in [0.1, 0.15) is 0 Å². The summed E-state index contributed by atoms with van der Waals surface area (Å²) in [5.74, 6) is -0.304. The Balaban J connectivity index is 4.71. The molecule has 0 rings (SSSR count). The molecule has 0 aromatic carbocycles. The fourth-order valence-electron chi connectivity index (χ4n) is 1.89. The molecule has 0 fully saturated rings. The number of unbranched alkanes of at least 4 members (excludes halogenated alkanes) is 2. The summed E-state index contributed by atoms with van der Waals surface area (Å²) in [6, 6.07) is 0. The van der Waals surface area contributed by atoms with E-state index in [0.29, 0.717) is 12.5 Å². The Bertz CT molecular complexity index is 224. The van der Waals surface area contributed by atoms with E-state index in [2.05, 4.69) is 42.5 Å². The highest BCUT2D eigenvalue weighted by Gasteiger charge is 2.42. The first-order valence-corrected chi connectivity index (χ1v) is 11.7. The van der Waals surface area contributed by atoms with Gasteiger partial charge in [0.05, 0.1) is 10.7 Å². The first-order valence-electron chi connectivity index (χ1n) is 6.85. The van der Waals surface area contributed by atoms with Crippen molar-refractivity contribution in [2.24, 2.45) is 0 Å². The SMILES string of the molecule is CCCCCC(Br)C(CCl)(OCC)O[Si](C)(C)C. The summed E-state index contributed by atoms with van der Waals surface area (Å²) in [7, 11) is -1.70. The normalized spacial score (nSPS) is 17.5. The van der Waals surface area contributed by atoms with Crippen LogP contribution in [0.15, 0.2) is 0 Å². The number of hydrogen-bond acceptors (Lipinski definition) is 2. The summed E-state index contributed by atoms with van der Waals surface area (Å²) < 4.78 is 12.1. The summed E-state index contributed by atoms with van der Waals surface area (Å²) >= 11 is 9.89. The molecule has 0 aliphatic rings. The van der Waals surface area contributed by atoms with Gasteiger partial charge in [0, 0.05) is 6.61 Å². The lowest BCUT2D eigenvalue weighted by Crippen LogP contribution is -2.52. The minimum absolute atomic E-state index is 0.153. The molecule has 2 atom stereocenters. The Hall–Kier alpha value is 0.907. The molecule has 0 N–H and O–H groups in total. The van der Waals surface area contributed by atoms with E-state index in [-0.39, 0.29) is 4.83 Å². The molecule has 0 radical (unpaired) electrons. The maximum absolute atomic E-state index is 6.25. The number of alkyl halides is 2. The second-order valence-corrected chi connectivity index (χ2v) is 11.4. The third-order valence-corrected chi connectivity index (χ3v) is 5.08. The van der Waals surface area contributed by atoms with Gasteiger partial charge in [-0.1, -0.05) is 42.1 Å². The number of rotatable bonds is 10. The third-order valence-electron chi connectivity index (χ3n) is 2.59. The van der Waals surface area contributed by atoms with Crippen LogP contribution in [-0.4, -0.2) is 31.4 Å². The lowest BCUT2D eigenvalue weighted by atomic mass is 10.1. The van der Waals surface area contributed by atoms with Crippen LogP contribution >= 0.6 is 27.5 Å². The zero-order valence-electron chi connectivity index (χ0n) is 12.4. The van der Waals surface area contributed by atoms with Crippen LogP contribution in [0.2, 0.25) is 19.6 Å². The minimum Gasteiger partial charge on any atom is -0.389 e. The van der Waals surface area contributed by atoms with Crippen LogP contribution in [0.25, 0.3) is 0 Å². The monoisotopic (exact) mass is 358 g/mol. The van der Waals surface area contributed by atoms with E-state index in [9.17, 15) is 0 Å². The Morgan fingerprint density at radius 3 is 2.22 bits per heavy atom. The molecule has 0 aliphatic carbocycles. The second-order valence-electron chi connectivity index (χ2n) is 5.56. The first-order chi connectivity index (χ1) is 8.31. The van der Waals surface area contributed by atoms with Crippen LogP contribution in [0, 0.1) is 0 Å². The van der Waals surface area contributed by atoms with E-state index in [0.717, 1.165) is 6.42 Å². The molecule has 5 heteroatoms. The molecule has 0 heterocycles. The van der Waals surface area contributed by atoms with E-state index in [4.69, 9.17) is 20.8 Å². The predicted molar refractivity (Wildman–Crippen MR) is 86.4 cm³/mol. The number of halogens is 2. The van der Waals surface area contributed by atoms with Gasteiger partial charge in [-0.05, 0) is 33.0 Å². The lowest BCUT2D eigenvalue weighted by molar-refractivity contribution is -0.169. The van der Waals surface area contributed by atoms with E-state index < -0.39 is 14.1 Å². The average molecular weight is 360 g/mol. The van der Waals surface area contributed by atoms with Gasteiger partial charge in [-0.3, -0.25) is 0 Å². The van der Waals surface area contributed by atoms with Crippen molar-refractivity contribution in [3.8, 4) is 0 Å². The molecule has 0 saturated heterocycles. The van der Waals surface area contributed by atoms with Crippen molar-refractivity contribution in [3.05, 3.63) is 0 Å². The van der Waals surface area contributed by atoms with Crippen LogP contribution in [0.1, 0.15) is 39.5 Å². The molecule has 0 aromatic rings. The van der Waals surface area contributed by atoms with E-state index in [1.54, 1.807) is 0 Å². The molecule has 0 spiro atoms. The maximum atomic E-state index is 6.25. The van der Waals surface area contributed by atoms with Crippen molar-refractivity contribution in [1.82, 2.24) is 0 Å². The van der Waals surface area contributed by atoms with Gasteiger partial charge in [-0.25, -0.2) is 0 Å². The summed E-state index contributed by atoms with van der Waals surface area (Å²) in [5, 5.41) is 0. The number of ether oxygens (including phenoxy) is 1. The van der Waals surface area contributed by atoms with Crippen molar-refractivity contribution >= 4 is 35.8 Å². The predicted octanol–water partition coefficient (Wildman–Crippen LogP) is 5.15. The molecule has 2 nitrogen and oxygen atoms in total. The van der Waals surface area contributed by atoms with Crippen molar-refractivity contribution in [1.29, 1.82) is 0 Å². The molecule has 110 valence electrons. The highest BCUT2D eigenvalue weighted by Crippen LogP contribution is 2.33. The van der Waals surface area contributed by atoms with Crippen LogP contribution in [0.4, 0.5) is 0 Å². The molecule has 0 amide bonds. The lowest BCUT2D eigenvalue weighted by Gasteiger charge is -2.40. The van der Waals surface area contributed by atoms with Crippen LogP contribution < -0.4 is 0 Å². The molecule has 2 unspecified atom stereocenters. The topological polar surface area (TPSA) is 18.5 Å². The fourth-order valence-corrected chi connectivity index (χ4v) is 4.68. The van der Waals surface area contributed by atoms with Crippen molar-refractivity contribution in [2.75, 3.05) is 12.5 Å². The van der Waals surface area contributed by atoms with Gasteiger partial charge >= 0.3 is 0 Å². The summed E-state index contributed by atoms with van der Waals surface area (Å²) in [4.78, 5) is 0.153. The zero-order chi connectivity index (χ0) is 14.2. The molecule has 0 saturated carbocycles. The number of hydrogen-bond donors (Lipinski definition) is 0. The largest absolute Gasteiger partial charge is 0.389 e. The molecule has 0 bridgehead atoms. The standard InChI is InChI=1S/C13H28BrClO2Si/c1-6-8-9-10-12(14)13(11-15,16-7-2)17-18(3,4)5/h12H,6-11H2,1-5H3. The summed E-state index contributed by atoms with van der Waals surface area (Å²) in [6.45, 7) is 11.3. The Morgan fingerprint density at radius 1 is 1.22 bits per heavy atom. The highest BCUT2D eigenvalue weighted by molar-refractivity contribution is 9.09. The third kappa shape index (κ3) is 6.90. The average Bonchev–Trinajstić information content (AvgIpc) is 2.26. The molecule has 0 aliphatic heterocycles. The minimum atomic E-state index is -1.70. The van der Waals surface area contributed by atoms with Crippen LogP contribution in [0.5, 0.6) is 0 Å². The van der Waals surface area contributed by atoms with Crippen LogP contribution in [0.3, 0.4) is 0 Å². The first kappa shape index (κ1) is 18.9. The van der Waals surface area contributed by atoms with Crippen molar-refractivity contribution in [2.45, 2.75) is 69.8 Å². The van der Waals surface area contributed by atoms with Crippen molar-refractivity contribution in [3.63, 3.8) is 0 Å². The van der Waals surface area contributed by atoms with Gasteiger partial charge in [0.25, 0.3) is 0 Å². The quantitative estimate of drug-likeness (QED) is 0.232. The molecular weight excluding hydrogens is 332 g/mol. The Morgan fingerprint density at radius 2 is 1.83 bits per heavy atom. The van der Waals surface area contributed by atoms with Gasteiger partial charge in [-0.15, -0.1) is 11.6 Å². The maximum Gasteiger partial charge on any atom is 0.187 e. The summed E-state index contributed by atoms with van der Waals surface area (Å²) in [5.41, 5.74) is 0. The Labute approximate surface area is 127 Å². The highest BCUT2D eigenvalue weighted by atomic mass is 79.9. The smallest absolute Gasteiger partial charge is 0.187 e. The van der Waals surface area contributed by atoms with E-state index >= 15 is 0 Å². The Kier molecular flexibility index (Phi) is 9.41. The molecule has 18 heavy (non-hydrogen) atoms. The van der Waals surface area contributed by atoms with Crippen LogP contribution in [-0.2, 0) is 9.16 Å².